The van der Waals surface area contributed by atoms with Crippen molar-refractivity contribution in [3.05, 3.63) is 71.3 Å². The topological polar surface area (TPSA) is 26.0 Å². The highest BCUT2D eigenvalue weighted by Gasteiger charge is 2.24. The van der Waals surface area contributed by atoms with Crippen LogP contribution in [0.3, 0.4) is 0 Å². The lowest BCUT2D eigenvalue weighted by Crippen LogP contribution is -2.26. The van der Waals surface area contributed by atoms with Gasteiger partial charge in [0.1, 0.15) is 0 Å². The number of benzene rings is 2. The molecule has 1 aliphatic carbocycles. The van der Waals surface area contributed by atoms with Gasteiger partial charge in [-0.1, -0.05) is 54.6 Å². The van der Waals surface area contributed by atoms with Crippen LogP contribution in [0, 0.1) is 5.92 Å². The Balaban J connectivity index is 1.80. The molecule has 1 heteroatoms. The first-order valence-corrected chi connectivity index (χ1v) is 6.72. The van der Waals surface area contributed by atoms with E-state index in [1.165, 1.54) is 29.5 Å². The zero-order valence-electron chi connectivity index (χ0n) is 10.5. The van der Waals surface area contributed by atoms with Gasteiger partial charge in [0.25, 0.3) is 0 Å². The van der Waals surface area contributed by atoms with E-state index < -0.39 is 0 Å². The predicted molar refractivity (Wildman–Crippen MR) is 75.3 cm³/mol. The maximum atomic E-state index is 6.43. The molecule has 2 unspecified atom stereocenters. The van der Waals surface area contributed by atoms with Crippen LogP contribution in [0.2, 0.25) is 0 Å². The Morgan fingerprint density at radius 1 is 0.889 bits per heavy atom. The van der Waals surface area contributed by atoms with Crippen LogP contribution in [0.5, 0.6) is 0 Å². The Bertz CT molecular complexity index is 518. The fraction of sp³-hybridized carbons (Fsp3) is 0.294. The van der Waals surface area contributed by atoms with E-state index in [0.717, 1.165) is 6.42 Å². The van der Waals surface area contributed by atoms with Gasteiger partial charge in [0, 0.05) is 6.04 Å². The first kappa shape index (κ1) is 11.5. The van der Waals surface area contributed by atoms with Crippen molar-refractivity contribution in [2.24, 2.45) is 11.7 Å². The van der Waals surface area contributed by atoms with Crippen LogP contribution in [0.25, 0.3) is 0 Å². The van der Waals surface area contributed by atoms with Gasteiger partial charge < -0.3 is 5.73 Å². The van der Waals surface area contributed by atoms with Crippen LogP contribution in [0.4, 0.5) is 0 Å². The summed E-state index contributed by atoms with van der Waals surface area (Å²) in [6.07, 6.45) is 3.49. The van der Waals surface area contributed by atoms with E-state index in [4.69, 9.17) is 5.73 Å². The lowest BCUT2D eigenvalue weighted by molar-refractivity contribution is 0.382. The normalized spacial score (nSPS) is 20.2. The molecule has 2 aromatic carbocycles. The molecule has 1 aliphatic rings. The summed E-state index contributed by atoms with van der Waals surface area (Å²) in [6.45, 7) is 0. The van der Waals surface area contributed by atoms with E-state index in [1.54, 1.807) is 0 Å². The number of rotatable bonds is 2. The van der Waals surface area contributed by atoms with E-state index >= 15 is 0 Å². The molecule has 0 spiro atoms. The second-order valence-electron chi connectivity index (χ2n) is 5.21. The molecule has 0 amide bonds. The molecule has 92 valence electrons. The second kappa shape index (κ2) is 4.95. The van der Waals surface area contributed by atoms with Crippen molar-refractivity contribution in [2.75, 3.05) is 0 Å². The van der Waals surface area contributed by atoms with E-state index in [1.807, 2.05) is 6.07 Å². The van der Waals surface area contributed by atoms with Crippen molar-refractivity contribution >= 4 is 0 Å². The van der Waals surface area contributed by atoms with Crippen molar-refractivity contribution in [1.82, 2.24) is 0 Å². The summed E-state index contributed by atoms with van der Waals surface area (Å²) in [4.78, 5) is 0. The fourth-order valence-electron chi connectivity index (χ4n) is 2.98. The summed E-state index contributed by atoms with van der Waals surface area (Å²) in [5.41, 5.74) is 10.7. The molecule has 0 aliphatic heterocycles. The minimum absolute atomic E-state index is 0.166. The van der Waals surface area contributed by atoms with E-state index in [0.29, 0.717) is 5.92 Å². The molecule has 2 aromatic rings. The van der Waals surface area contributed by atoms with Gasteiger partial charge in [0.05, 0.1) is 0 Å². The molecule has 0 heterocycles. The number of hydrogen-bond acceptors (Lipinski definition) is 1. The maximum Gasteiger partial charge on any atom is 0.0326 e. The van der Waals surface area contributed by atoms with Crippen LogP contribution >= 0.6 is 0 Å². The van der Waals surface area contributed by atoms with Gasteiger partial charge in [0.2, 0.25) is 0 Å². The first-order chi connectivity index (χ1) is 8.84. The van der Waals surface area contributed by atoms with Crippen molar-refractivity contribution < 1.29 is 0 Å². The quantitative estimate of drug-likeness (QED) is 0.850. The van der Waals surface area contributed by atoms with Crippen LogP contribution in [0.15, 0.2) is 54.6 Å². The maximum absolute atomic E-state index is 6.43. The highest BCUT2D eigenvalue weighted by Crippen LogP contribution is 2.32. The Labute approximate surface area is 109 Å². The van der Waals surface area contributed by atoms with Crippen molar-refractivity contribution in [3.8, 4) is 0 Å². The Morgan fingerprint density at radius 2 is 1.56 bits per heavy atom. The van der Waals surface area contributed by atoms with Gasteiger partial charge >= 0.3 is 0 Å². The summed E-state index contributed by atoms with van der Waals surface area (Å²) < 4.78 is 0. The minimum atomic E-state index is 0.166. The minimum Gasteiger partial charge on any atom is -0.324 e. The van der Waals surface area contributed by atoms with Gasteiger partial charge in [-0.15, -0.1) is 0 Å². The molecule has 1 nitrogen and oxygen atoms in total. The third kappa shape index (κ3) is 2.19. The molecule has 0 bridgehead atoms. The van der Waals surface area contributed by atoms with Crippen LogP contribution in [-0.2, 0) is 12.8 Å². The average Bonchev–Trinajstić information content (AvgIpc) is 2.47. The zero-order chi connectivity index (χ0) is 12.4. The number of nitrogens with two attached hydrogens (primary N) is 1. The molecule has 2 atom stereocenters. The highest BCUT2D eigenvalue weighted by molar-refractivity contribution is 5.31. The summed E-state index contributed by atoms with van der Waals surface area (Å²) in [5.74, 6) is 0.572. The fourth-order valence-corrected chi connectivity index (χ4v) is 2.98. The van der Waals surface area contributed by atoms with Crippen molar-refractivity contribution in [3.63, 3.8) is 0 Å². The van der Waals surface area contributed by atoms with E-state index in [2.05, 4.69) is 48.5 Å². The Hall–Kier alpha value is -1.60. The summed E-state index contributed by atoms with van der Waals surface area (Å²) in [6, 6.07) is 19.4. The lowest BCUT2D eigenvalue weighted by Gasteiger charge is -2.29. The van der Waals surface area contributed by atoms with Gasteiger partial charge in [-0.2, -0.15) is 0 Å². The summed E-state index contributed by atoms with van der Waals surface area (Å²) in [5, 5.41) is 0. The molecule has 0 fully saturated rings. The van der Waals surface area contributed by atoms with Crippen molar-refractivity contribution in [2.45, 2.75) is 25.3 Å². The Morgan fingerprint density at radius 3 is 2.33 bits per heavy atom. The number of aryl methyl sites for hydroxylation is 1. The first-order valence-electron chi connectivity index (χ1n) is 6.72. The third-order valence-corrected chi connectivity index (χ3v) is 4.08. The van der Waals surface area contributed by atoms with Crippen LogP contribution in [-0.4, -0.2) is 0 Å². The smallest absolute Gasteiger partial charge is 0.0326 e. The zero-order valence-corrected chi connectivity index (χ0v) is 10.5. The highest BCUT2D eigenvalue weighted by atomic mass is 14.7. The molecule has 18 heavy (non-hydrogen) atoms. The molecular formula is C17H19N. The third-order valence-electron chi connectivity index (χ3n) is 4.08. The van der Waals surface area contributed by atoms with Gasteiger partial charge in [-0.25, -0.2) is 0 Å². The molecule has 0 aromatic heterocycles. The number of fused-ring (bicyclic) bond motifs is 1. The van der Waals surface area contributed by atoms with Crippen molar-refractivity contribution in [1.29, 1.82) is 0 Å². The second-order valence-corrected chi connectivity index (χ2v) is 5.21. The lowest BCUT2D eigenvalue weighted by atomic mass is 9.78. The van der Waals surface area contributed by atoms with E-state index in [-0.39, 0.29) is 6.04 Å². The molecule has 3 rings (SSSR count). The molecule has 0 radical (unpaired) electrons. The molecular weight excluding hydrogens is 218 g/mol. The predicted octanol–water partition coefficient (Wildman–Crippen LogP) is 3.49. The largest absolute Gasteiger partial charge is 0.324 e. The monoisotopic (exact) mass is 237 g/mol. The SMILES string of the molecule is NC(c1ccccc1)C1CCc2ccccc2C1. The molecule has 0 saturated heterocycles. The standard InChI is InChI=1S/C17H19N/c18-17(14-7-2-1-3-8-14)16-11-10-13-6-4-5-9-15(13)12-16/h1-9,16-17H,10-12,18H2. The molecule has 2 N–H and O–H groups in total. The Kier molecular flexibility index (Phi) is 3.16. The average molecular weight is 237 g/mol. The van der Waals surface area contributed by atoms with Crippen LogP contribution in [0.1, 0.15) is 29.2 Å². The van der Waals surface area contributed by atoms with Gasteiger partial charge in [-0.05, 0) is 41.9 Å². The summed E-state index contributed by atoms with van der Waals surface area (Å²) >= 11 is 0. The number of hydrogen-bond donors (Lipinski definition) is 1. The van der Waals surface area contributed by atoms with Crippen LogP contribution < -0.4 is 5.73 Å². The van der Waals surface area contributed by atoms with E-state index in [9.17, 15) is 0 Å². The van der Waals surface area contributed by atoms with Gasteiger partial charge in [0.15, 0.2) is 0 Å². The molecule has 0 saturated carbocycles. The van der Waals surface area contributed by atoms with Gasteiger partial charge in [-0.3, -0.25) is 0 Å². The summed E-state index contributed by atoms with van der Waals surface area (Å²) in [7, 11) is 0.